The van der Waals surface area contributed by atoms with Gasteiger partial charge in [0, 0.05) is 21.7 Å². The van der Waals surface area contributed by atoms with E-state index in [-0.39, 0.29) is 5.69 Å². The molecule has 72 valence electrons. The molecule has 2 aromatic rings. The predicted molar refractivity (Wildman–Crippen MR) is 60.7 cm³/mol. The summed E-state index contributed by atoms with van der Waals surface area (Å²) in [5, 5.41) is 13.6. The SMILES string of the molecule is O=[N+]([O-])c1ccc(Cl)c2c(S)csc12. The fourth-order valence-electron chi connectivity index (χ4n) is 1.22. The summed E-state index contributed by atoms with van der Waals surface area (Å²) in [6, 6.07) is 2.93. The molecule has 0 amide bonds. The molecule has 0 spiro atoms. The molecule has 0 aliphatic rings. The third kappa shape index (κ3) is 1.37. The van der Waals surface area contributed by atoms with Gasteiger partial charge >= 0.3 is 0 Å². The van der Waals surface area contributed by atoms with E-state index in [1.54, 1.807) is 5.38 Å². The number of nitro benzene ring substituents is 1. The molecular formula is C8H4ClNO2S2. The van der Waals surface area contributed by atoms with Crippen molar-refractivity contribution >= 4 is 51.3 Å². The number of nitro groups is 1. The van der Waals surface area contributed by atoms with Crippen molar-refractivity contribution in [2.24, 2.45) is 0 Å². The van der Waals surface area contributed by atoms with Crippen LogP contribution in [0.3, 0.4) is 0 Å². The first-order valence-corrected chi connectivity index (χ1v) is 5.35. The highest BCUT2D eigenvalue weighted by atomic mass is 35.5. The number of benzene rings is 1. The maximum Gasteiger partial charge on any atom is 0.287 e. The number of thiophene rings is 1. The van der Waals surface area contributed by atoms with Crippen molar-refractivity contribution in [3.8, 4) is 0 Å². The van der Waals surface area contributed by atoms with Crippen LogP contribution in [0.1, 0.15) is 0 Å². The molecule has 0 fully saturated rings. The van der Waals surface area contributed by atoms with Crippen LogP contribution in [0.15, 0.2) is 22.4 Å². The van der Waals surface area contributed by atoms with Crippen LogP contribution in [0.2, 0.25) is 5.02 Å². The first kappa shape index (κ1) is 9.76. The van der Waals surface area contributed by atoms with E-state index in [0.29, 0.717) is 20.0 Å². The Labute approximate surface area is 93.9 Å². The minimum absolute atomic E-state index is 0.0784. The van der Waals surface area contributed by atoms with Gasteiger partial charge in [-0.25, -0.2) is 0 Å². The summed E-state index contributed by atoms with van der Waals surface area (Å²) in [7, 11) is 0. The number of rotatable bonds is 1. The topological polar surface area (TPSA) is 43.1 Å². The Morgan fingerprint density at radius 2 is 2.21 bits per heavy atom. The summed E-state index contributed by atoms with van der Waals surface area (Å²) < 4.78 is 0.576. The molecule has 14 heavy (non-hydrogen) atoms. The molecule has 3 nitrogen and oxygen atoms in total. The smallest absolute Gasteiger partial charge is 0.258 e. The van der Waals surface area contributed by atoms with E-state index < -0.39 is 4.92 Å². The van der Waals surface area contributed by atoms with E-state index in [1.165, 1.54) is 23.5 Å². The number of nitrogens with zero attached hydrogens (tertiary/aromatic N) is 1. The second-order valence-corrected chi connectivity index (χ2v) is 4.42. The Morgan fingerprint density at radius 3 is 2.86 bits per heavy atom. The van der Waals surface area contributed by atoms with Crippen molar-refractivity contribution in [3.63, 3.8) is 0 Å². The van der Waals surface area contributed by atoms with Gasteiger partial charge in [0.05, 0.1) is 9.95 Å². The number of thiol groups is 1. The van der Waals surface area contributed by atoms with E-state index >= 15 is 0 Å². The largest absolute Gasteiger partial charge is 0.287 e. The van der Waals surface area contributed by atoms with Crippen LogP contribution in [-0.2, 0) is 0 Å². The van der Waals surface area contributed by atoms with Gasteiger partial charge in [-0.1, -0.05) is 11.6 Å². The van der Waals surface area contributed by atoms with Gasteiger partial charge in [-0.05, 0) is 6.07 Å². The van der Waals surface area contributed by atoms with Gasteiger partial charge in [0.15, 0.2) is 0 Å². The van der Waals surface area contributed by atoms with Gasteiger partial charge in [-0.2, -0.15) is 0 Å². The number of non-ortho nitro benzene ring substituents is 1. The molecule has 0 radical (unpaired) electrons. The Kier molecular flexibility index (Phi) is 2.38. The van der Waals surface area contributed by atoms with Gasteiger partial charge in [-0.15, -0.1) is 24.0 Å². The van der Waals surface area contributed by atoms with Crippen LogP contribution in [0.5, 0.6) is 0 Å². The molecule has 0 N–H and O–H groups in total. The molecule has 0 bridgehead atoms. The zero-order valence-electron chi connectivity index (χ0n) is 6.73. The molecule has 0 saturated heterocycles. The highest BCUT2D eigenvalue weighted by Crippen LogP contribution is 2.39. The third-order valence-corrected chi connectivity index (χ3v) is 3.67. The Bertz CT molecular complexity index is 523. The molecule has 0 aliphatic heterocycles. The fraction of sp³-hybridized carbons (Fsp3) is 0. The van der Waals surface area contributed by atoms with Crippen molar-refractivity contribution in [2.75, 3.05) is 0 Å². The molecule has 0 aliphatic carbocycles. The monoisotopic (exact) mass is 245 g/mol. The average Bonchev–Trinajstić information content (AvgIpc) is 2.49. The van der Waals surface area contributed by atoms with Crippen LogP contribution in [-0.4, -0.2) is 4.92 Å². The lowest BCUT2D eigenvalue weighted by molar-refractivity contribution is -0.382. The second-order valence-electron chi connectivity index (χ2n) is 2.65. The summed E-state index contributed by atoms with van der Waals surface area (Å²) in [5.74, 6) is 0. The normalized spacial score (nSPS) is 10.7. The second kappa shape index (κ2) is 3.42. The first-order chi connectivity index (χ1) is 6.61. The average molecular weight is 246 g/mol. The van der Waals surface area contributed by atoms with Gasteiger partial charge < -0.3 is 0 Å². The van der Waals surface area contributed by atoms with E-state index in [9.17, 15) is 10.1 Å². The van der Waals surface area contributed by atoms with Crippen molar-refractivity contribution in [2.45, 2.75) is 4.90 Å². The minimum Gasteiger partial charge on any atom is -0.258 e. The quantitative estimate of drug-likeness (QED) is 0.472. The highest BCUT2D eigenvalue weighted by Gasteiger charge is 2.16. The van der Waals surface area contributed by atoms with Crippen LogP contribution >= 0.6 is 35.6 Å². The molecule has 0 saturated carbocycles. The fourth-order valence-corrected chi connectivity index (χ4v) is 3.02. The summed E-state index contributed by atoms with van der Waals surface area (Å²) in [6.07, 6.45) is 0. The number of hydrogen-bond donors (Lipinski definition) is 1. The predicted octanol–water partition coefficient (Wildman–Crippen LogP) is 3.75. The van der Waals surface area contributed by atoms with Crippen LogP contribution in [0.25, 0.3) is 10.1 Å². The lowest BCUT2D eigenvalue weighted by Gasteiger charge is -1.96. The summed E-state index contributed by atoms with van der Waals surface area (Å²) in [6.45, 7) is 0. The van der Waals surface area contributed by atoms with Crippen molar-refractivity contribution in [3.05, 3.63) is 32.6 Å². The molecule has 2 rings (SSSR count). The first-order valence-electron chi connectivity index (χ1n) is 3.64. The molecule has 1 aromatic heterocycles. The van der Waals surface area contributed by atoms with Gasteiger partial charge in [0.25, 0.3) is 5.69 Å². The summed E-state index contributed by atoms with van der Waals surface area (Å²) >= 11 is 11.4. The Hall–Kier alpha value is -0.780. The van der Waals surface area contributed by atoms with Crippen LogP contribution < -0.4 is 0 Å². The zero-order valence-corrected chi connectivity index (χ0v) is 9.20. The molecule has 0 atom stereocenters. The van der Waals surface area contributed by atoms with E-state index in [4.69, 9.17) is 11.6 Å². The third-order valence-electron chi connectivity index (χ3n) is 1.83. The Morgan fingerprint density at radius 1 is 1.50 bits per heavy atom. The molecule has 1 aromatic carbocycles. The summed E-state index contributed by atoms with van der Waals surface area (Å²) in [5.41, 5.74) is 0.0784. The Balaban J connectivity index is 2.90. The molecule has 0 unspecified atom stereocenters. The molecular weight excluding hydrogens is 242 g/mol. The van der Waals surface area contributed by atoms with Crippen LogP contribution in [0.4, 0.5) is 5.69 Å². The van der Waals surface area contributed by atoms with E-state index in [2.05, 4.69) is 12.6 Å². The number of hydrogen-bond acceptors (Lipinski definition) is 4. The lowest BCUT2D eigenvalue weighted by atomic mass is 10.2. The van der Waals surface area contributed by atoms with Gasteiger partial charge in [0.1, 0.15) is 4.70 Å². The van der Waals surface area contributed by atoms with E-state index in [1.807, 2.05) is 0 Å². The van der Waals surface area contributed by atoms with E-state index in [0.717, 1.165) is 0 Å². The van der Waals surface area contributed by atoms with Gasteiger partial charge in [-0.3, -0.25) is 10.1 Å². The maximum atomic E-state index is 10.7. The number of fused-ring (bicyclic) bond motifs is 1. The standard InChI is InChI=1S/C8H4ClNO2S2/c9-4-1-2-5(10(11)12)8-7(4)6(13)3-14-8/h1-3,13H. The van der Waals surface area contributed by atoms with Gasteiger partial charge in [0.2, 0.25) is 0 Å². The van der Waals surface area contributed by atoms with Crippen molar-refractivity contribution in [1.82, 2.24) is 0 Å². The zero-order chi connectivity index (χ0) is 10.3. The van der Waals surface area contributed by atoms with Crippen LogP contribution in [0, 0.1) is 10.1 Å². The lowest BCUT2D eigenvalue weighted by Crippen LogP contribution is -1.87. The minimum atomic E-state index is -0.414. The van der Waals surface area contributed by atoms with Crippen molar-refractivity contribution < 1.29 is 4.92 Å². The summed E-state index contributed by atoms with van der Waals surface area (Å²) in [4.78, 5) is 10.9. The number of halogens is 1. The molecule has 6 heteroatoms. The molecule has 1 heterocycles. The van der Waals surface area contributed by atoms with Crippen molar-refractivity contribution in [1.29, 1.82) is 0 Å². The maximum absolute atomic E-state index is 10.7. The highest BCUT2D eigenvalue weighted by molar-refractivity contribution is 7.80.